The highest BCUT2D eigenvalue weighted by Crippen LogP contribution is 2.35. The molecule has 0 aliphatic heterocycles. The highest BCUT2D eigenvalue weighted by atomic mass is 16.4. The normalized spacial score (nSPS) is 16.3. The van der Waals surface area contributed by atoms with Crippen molar-refractivity contribution in [2.45, 2.75) is 27.7 Å². The summed E-state index contributed by atoms with van der Waals surface area (Å²) in [5, 5.41) is 17.5. The van der Waals surface area contributed by atoms with Crippen LogP contribution in [0.4, 0.5) is 0 Å². The van der Waals surface area contributed by atoms with Gasteiger partial charge in [-0.3, -0.25) is 9.59 Å². The van der Waals surface area contributed by atoms with E-state index in [2.05, 4.69) is 0 Å². The number of aliphatic carboxylic acids is 2. The fraction of sp³-hybridized carbons (Fsp3) is 0.778. The highest BCUT2D eigenvalue weighted by Gasteiger charge is 2.39. The maximum atomic E-state index is 10.7. The van der Waals surface area contributed by atoms with E-state index in [0.29, 0.717) is 0 Å². The Morgan fingerprint density at radius 1 is 1.00 bits per heavy atom. The predicted molar refractivity (Wildman–Crippen MR) is 47.4 cm³/mol. The number of rotatable bonds is 4. The molecule has 0 amide bonds. The lowest BCUT2D eigenvalue weighted by Gasteiger charge is -2.32. The summed E-state index contributed by atoms with van der Waals surface area (Å²) in [7, 11) is 0. The van der Waals surface area contributed by atoms with Gasteiger partial charge in [0.25, 0.3) is 0 Å². The molecule has 2 atom stereocenters. The lowest BCUT2D eigenvalue weighted by atomic mass is 9.71. The van der Waals surface area contributed by atoms with E-state index < -0.39 is 29.2 Å². The van der Waals surface area contributed by atoms with E-state index in [-0.39, 0.29) is 0 Å². The van der Waals surface area contributed by atoms with Gasteiger partial charge >= 0.3 is 11.9 Å². The van der Waals surface area contributed by atoms with Crippen molar-refractivity contribution in [3.8, 4) is 0 Å². The Balaban J connectivity index is 4.74. The molecule has 0 fully saturated rings. The molecule has 0 spiro atoms. The number of hydrogen-bond donors (Lipinski definition) is 2. The van der Waals surface area contributed by atoms with Crippen molar-refractivity contribution in [3.05, 3.63) is 0 Å². The molecule has 0 aromatic rings. The summed E-state index contributed by atoms with van der Waals surface area (Å²) in [6.45, 7) is 6.37. The first-order chi connectivity index (χ1) is 5.71. The van der Waals surface area contributed by atoms with E-state index in [1.165, 1.54) is 13.8 Å². The minimum absolute atomic E-state index is 0.668. The van der Waals surface area contributed by atoms with Crippen LogP contribution in [0, 0.1) is 17.3 Å². The van der Waals surface area contributed by atoms with E-state index in [1.54, 1.807) is 13.8 Å². The Hall–Kier alpha value is -1.06. The number of carboxylic acid groups (broad SMARTS) is 2. The summed E-state index contributed by atoms with van der Waals surface area (Å²) >= 11 is 0. The maximum absolute atomic E-state index is 10.7. The third-order valence-corrected chi connectivity index (χ3v) is 2.97. The Bertz CT molecular complexity index is 198. The Kier molecular flexibility index (Phi) is 3.46. The second-order valence-corrected chi connectivity index (χ2v) is 3.94. The summed E-state index contributed by atoms with van der Waals surface area (Å²) in [4.78, 5) is 21.4. The van der Waals surface area contributed by atoms with Crippen LogP contribution in [0.5, 0.6) is 0 Å². The number of carbonyl (C=O) groups is 2. The molecule has 13 heavy (non-hydrogen) atoms. The second kappa shape index (κ2) is 3.77. The Morgan fingerprint density at radius 3 is 1.38 bits per heavy atom. The second-order valence-electron chi connectivity index (χ2n) is 3.94. The average molecular weight is 188 g/mol. The van der Waals surface area contributed by atoms with Crippen molar-refractivity contribution in [2.24, 2.45) is 17.3 Å². The lowest BCUT2D eigenvalue weighted by Crippen LogP contribution is -2.38. The smallest absolute Gasteiger partial charge is 0.306 e. The molecule has 0 saturated heterocycles. The third-order valence-electron chi connectivity index (χ3n) is 2.97. The molecule has 0 aromatic heterocycles. The third kappa shape index (κ3) is 2.44. The van der Waals surface area contributed by atoms with Gasteiger partial charge in [-0.15, -0.1) is 0 Å². The largest absolute Gasteiger partial charge is 0.481 e. The molecular formula is C9H16O4. The summed E-state index contributed by atoms with van der Waals surface area (Å²) in [6, 6.07) is 0. The van der Waals surface area contributed by atoms with Gasteiger partial charge in [-0.1, -0.05) is 27.7 Å². The fourth-order valence-corrected chi connectivity index (χ4v) is 1.01. The highest BCUT2D eigenvalue weighted by molar-refractivity contribution is 5.75. The van der Waals surface area contributed by atoms with E-state index in [9.17, 15) is 9.59 Å². The molecule has 0 rings (SSSR count). The van der Waals surface area contributed by atoms with Crippen molar-refractivity contribution < 1.29 is 19.8 Å². The zero-order valence-electron chi connectivity index (χ0n) is 8.37. The van der Waals surface area contributed by atoms with Crippen LogP contribution >= 0.6 is 0 Å². The topological polar surface area (TPSA) is 74.6 Å². The van der Waals surface area contributed by atoms with Crippen LogP contribution in [0.2, 0.25) is 0 Å². The summed E-state index contributed by atoms with van der Waals surface area (Å²) in [6.07, 6.45) is 0. The minimum Gasteiger partial charge on any atom is -0.481 e. The van der Waals surface area contributed by atoms with Crippen molar-refractivity contribution >= 4 is 11.9 Å². The van der Waals surface area contributed by atoms with Crippen LogP contribution < -0.4 is 0 Å². The van der Waals surface area contributed by atoms with Crippen LogP contribution in [-0.2, 0) is 9.59 Å². The SMILES string of the molecule is CC(C(=O)O)C(C)(C)C(C)C(=O)O. The van der Waals surface area contributed by atoms with Gasteiger partial charge in [0.1, 0.15) is 0 Å². The molecule has 0 saturated carbocycles. The Morgan fingerprint density at radius 2 is 1.23 bits per heavy atom. The van der Waals surface area contributed by atoms with Crippen LogP contribution in [0.25, 0.3) is 0 Å². The van der Waals surface area contributed by atoms with Crippen LogP contribution in [0.3, 0.4) is 0 Å². The minimum atomic E-state index is -0.960. The van der Waals surface area contributed by atoms with Crippen molar-refractivity contribution in [1.82, 2.24) is 0 Å². The molecule has 0 aliphatic carbocycles. The molecule has 0 bridgehead atoms. The molecule has 2 N–H and O–H groups in total. The van der Waals surface area contributed by atoms with Gasteiger partial charge < -0.3 is 10.2 Å². The van der Waals surface area contributed by atoms with E-state index >= 15 is 0 Å². The average Bonchev–Trinajstić information content (AvgIpc) is 2.01. The molecule has 2 unspecified atom stereocenters. The van der Waals surface area contributed by atoms with Gasteiger partial charge in [0, 0.05) is 0 Å². The fourth-order valence-electron chi connectivity index (χ4n) is 1.01. The Labute approximate surface area is 77.6 Å². The molecule has 4 heteroatoms. The molecule has 0 heterocycles. The monoisotopic (exact) mass is 188 g/mol. The molecule has 76 valence electrons. The molecule has 0 aliphatic rings. The molecule has 0 radical (unpaired) electrons. The quantitative estimate of drug-likeness (QED) is 0.700. The van der Waals surface area contributed by atoms with E-state index in [1.807, 2.05) is 0 Å². The van der Waals surface area contributed by atoms with Crippen LogP contribution in [-0.4, -0.2) is 22.2 Å². The van der Waals surface area contributed by atoms with E-state index in [0.717, 1.165) is 0 Å². The number of carboxylic acids is 2. The van der Waals surface area contributed by atoms with E-state index in [4.69, 9.17) is 10.2 Å². The van der Waals surface area contributed by atoms with Crippen LogP contribution in [0.15, 0.2) is 0 Å². The zero-order valence-corrected chi connectivity index (χ0v) is 8.37. The van der Waals surface area contributed by atoms with Crippen molar-refractivity contribution in [1.29, 1.82) is 0 Å². The first-order valence-corrected chi connectivity index (χ1v) is 4.16. The van der Waals surface area contributed by atoms with Crippen molar-refractivity contribution in [3.63, 3.8) is 0 Å². The molecule has 4 nitrogen and oxygen atoms in total. The van der Waals surface area contributed by atoms with Gasteiger partial charge in [0.05, 0.1) is 11.8 Å². The van der Waals surface area contributed by atoms with Gasteiger partial charge in [0.2, 0.25) is 0 Å². The lowest BCUT2D eigenvalue weighted by molar-refractivity contribution is -0.152. The summed E-state index contributed by atoms with van der Waals surface area (Å²) < 4.78 is 0. The first-order valence-electron chi connectivity index (χ1n) is 4.16. The van der Waals surface area contributed by atoms with Crippen LogP contribution in [0.1, 0.15) is 27.7 Å². The van der Waals surface area contributed by atoms with Gasteiger partial charge in [-0.05, 0) is 5.41 Å². The van der Waals surface area contributed by atoms with Crippen molar-refractivity contribution in [2.75, 3.05) is 0 Å². The molecular weight excluding hydrogens is 172 g/mol. The summed E-state index contributed by atoms with van der Waals surface area (Å²) in [5.74, 6) is -3.26. The van der Waals surface area contributed by atoms with Gasteiger partial charge in [0.15, 0.2) is 0 Å². The molecule has 0 aromatic carbocycles. The predicted octanol–water partition coefficient (Wildman–Crippen LogP) is 1.45. The zero-order chi connectivity index (χ0) is 10.8. The number of hydrogen-bond acceptors (Lipinski definition) is 2. The maximum Gasteiger partial charge on any atom is 0.306 e. The summed E-state index contributed by atoms with van der Waals surface area (Å²) in [5.41, 5.74) is -0.738. The van der Waals surface area contributed by atoms with Gasteiger partial charge in [-0.25, -0.2) is 0 Å². The first kappa shape index (κ1) is 11.9. The standard InChI is InChI=1S/C9H16O4/c1-5(7(10)11)9(3,4)6(2)8(12)13/h5-6H,1-4H3,(H,10,11)(H,12,13). The van der Waals surface area contributed by atoms with Gasteiger partial charge in [-0.2, -0.15) is 0 Å².